The number of piperidine rings is 1. The molecule has 3 heterocycles. The number of hydrogen-bond donors (Lipinski definition) is 2. The SMILES string of the molecule is CC(CC(=O)N1CCC(O)(Cn2cnc(N3CCCC3COC(N)=O)cc2=O)CC1)c1ccccc1. The van der Waals surface area contributed by atoms with Gasteiger partial charge >= 0.3 is 6.09 Å². The van der Waals surface area contributed by atoms with Crippen LogP contribution in [0.4, 0.5) is 10.6 Å². The van der Waals surface area contributed by atoms with Gasteiger partial charge in [-0.1, -0.05) is 37.3 Å². The number of amides is 2. The average Bonchev–Trinajstić information content (AvgIpc) is 3.33. The molecule has 4 rings (SSSR count). The maximum atomic E-state index is 12.8. The minimum Gasteiger partial charge on any atom is -0.448 e. The standard InChI is InChI=1S/C26H35N5O5/c1-19(20-6-3-2-4-7-20)14-23(32)29-12-9-26(35,10-13-29)17-30-18-28-22(15-24(30)33)31-11-5-8-21(31)16-36-25(27)34/h2-4,6-7,15,18-19,21,35H,5,8-14,16-17H2,1H3,(H2,27,34). The van der Waals surface area contributed by atoms with Gasteiger partial charge in [-0.25, -0.2) is 9.78 Å². The first-order chi connectivity index (χ1) is 17.2. The van der Waals surface area contributed by atoms with Gasteiger partial charge < -0.3 is 25.4 Å². The van der Waals surface area contributed by atoms with Crippen LogP contribution < -0.4 is 16.2 Å². The zero-order chi connectivity index (χ0) is 25.7. The molecule has 3 N–H and O–H groups in total. The number of aliphatic hydroxyl groups is 1. The van der Waals surface area contributed by atoms with Crippen LogP contribution >= 0.6 is 0 Å². The molecule has 1 aromatic heterocycles. The summed E-state index contributed by atoms with van der Waals surface area (Å²) in [6, 6.07) is 11.4. The number of carbonyl (C=O) groups excluding carboxylic acids is 2. The number of carbonyl (C=O) groups is 2. The largest absolute Gasteiger partial charge is 0.448 e. The molecule has 0 saturated carbocycles. The average molecular weight is 498 g/mol. The number of likely N-dealkylation sites (tertiary alicyclic amines) is 1. The van der Waals surface area contributed by atoms with Gasteiger partial charge in [-0.3, -0.25) is 14.2 Å². The van der Waals surface area contributed by atoms with Crippen LogP contribution in [0.2, 0.25) is 0 Å². The maximum absolute atomic E-state index is 12.8. The summed E-state index contributed by atoms with van der Waals surface area (Å²) in [5.41, 5.74) is 4.87. The molecule has 1 aromatic carbocycles. The topological polar surface area (TPSA) is 131 Å². The van der Waals surface area contributed by atoms with Crippen molar-refractivity contribution >= 4 is 17.8 Å². The Morgan fingerprint density at radius 1 is 1.22 bits per heavy atom. The fourth-order valence-electron chi connectivity index (χ4n) is 5.12. The van der Waals surface area contributed by atoms with E-state index in [-0.39, 0.29) is 36.6 Å². The third-order valence-corrected chi connectivity index (χ3v) is 7.32. The predicted molar refractivity (Wildman–Crippen MR) is 135 cm³/mol. The van der Waals surface area contributed by atoms with Crippen molar-refractivity contribution < 1.29 is 19.4 Å². The number of nitrogens with two attached hydrogens (primary N) is 1. The minimum absolute atomic E-state index is 0.0732. The van der Waals surface area contributed by atoms with Gasteiger partial charge in [0, 0.05) is 32.1 Å². The normalized spacial score (nSPS) is 20.2. The van der Waals surface area contributed by atoms with Gasteiger partial charge in [0.25, 0.3) is 5.56 Å². The second kappa shape index (κ2) is 11.1. The summed E-state index contributed by atoms with van der Waals surface area (Å²) in [6.45, 7) is 3.93. The summed E-state index contributed by atoms with van der Waals surface area (Å²) in [7, 11) is 0. The number of aromatic nitrogens is 2. The molecule has 194 valence electrons. The van der Waals surface area contributed by atoms with Crippen molar-refractivity contribution in [2.75, 3.05) is 31.1 Å². The lowest BCUT2D eigenvalue weighted by Gasteiger charge is -2.38. The minimum atomic E-state index is -1.08. The molecule has 36 heavy (non-hydrogen) atoms. The van der Waals surface area contributed by atoms with E-state index in [0.717, 1.165) is 18.4 Å². The molecule has 0 aliphatic carbocycles. The highest BCUT2D eigenvalue weighted by Crippen LogP contribution is 2.27. The number of ether oxygens (including phenoxy) is 1. The molecule has 0 spiro atoms. The Balaban J connectivity index is 1.32. The van der Waals surface area contributed by atoms with Gasteiger partial charge in [-0.15, -0.1) is 0 Å². The Morgan fingerprint density at radius 3 is 2.61 bits per heavy atom. The van der Waals surface area contributed by atoms with Gasteiger partial charge in [-0.2, -0.15) is 0 Å². The number of hydrogen-bond acceptors (Lipinski definition) is 7. The van der Waals surface area contributed by atoms with E-state index in [4.69, 9.17) is 10.5 Å². The molecule has 2 amide bonds. The van der Waals surface area contributed by atoms with Gasteiger partial charge in [0.1, 0.15) is 12.4 Å². The van der Waals surface area contributed by atoms with E-state index in [1.807, 2.05) is 42.2 Å². The Morgan fingerprint density at radius 2 is 1.94 bits per heavy atom. The number of anilines is 1. The molecule has 10 heteroatoms. The molecule has 2 fully saturated rings. The lowest BCUT2D eigenvalue weighted by molar-refractivity contribution is -0.136. The lowest BCUT2D eigenvalue weighted by Crippen LogP contribution is -2.49. The maximum Gasteiger partial charge on any atom is 0.404 e. The summed E-state index contributed by atoms with van der Waals surface area (Å²) in [5.74, 6) is 0.726. The molecule has 2 atom stereocenters. The van der Waals surface area contributed by atoms with Gasteiger partial charge in [0.15, 0.2) is 0 Å². The molecule has 10 nitrogen and oxygen atoms in total. The van der Waals surface area contributed by atoms with Crippen LogP contribution in [0, 0.1) is 0 Å². The van der Waals surface area contributed by atoms with E-state index in [1.54, 1.807) is 4.90 Å². The smallest absolute Gasteiger partial charge is 0.404 e. The molecule has 2 unspecified atom stereocenters. The van der Waals surface area contributed by atoms with Gasteiger partial charge in [0.2, 0.25) is 5.91 Å². The molecule has 2 aromatic rings. The molecular formula is C26H35N5O5. The first-order valence-electron chi connectivity index (χ1n) is 12.5. The lowest BCUT2D eigenvalue weighted by atomic mass is 9.90. The zero-order valence-corrected chi connectivity index (χ0v) is 20.7. The molecule has 2 aliphatic rings. The van der Waals surface area contributed by atoms with Crippen LogP contribution in [0.1, 0.15) is 50.5 Å². The summed E-state index contributed by atoms with van der Waals surface area (Å²) >= 11 is 0. The van der Waals surface area contributed by atoms with E-state index in [0.29, 0.717) is 44.7 Å². The Bertz CT molecular complexity index is 1110. The number of nitrogens with zero attached hydrogens (tertiary/aromatic N) is 4. The van der Waals surface area contributed by atoms with Crippen molar-refractivity contribution in [1.82, 2.24) is 14.5 Å². The van der Waals surface area contributed by atoms with Gasteiger partial charge in [-0.05, 0) is 37.2 Å². The van der Waals surface area contributed by atoms with Crippen molar-refractivity contribution in [3.05, 3.63) is 58.6 Å². The third kappa shape index (κ3) is 6.23. The van der Waals surface area contributed by atoms with Crippen LogP contribution in [0.5, 0.6) is 0 Å². The summed E-state index contributed by atoms with van der Waals surface area (Å²) in [4.78, 5) is 44.8. The quantitative estimate of drug-likeness (QED) is 0.569. The Kier molecular flexibility index (Phi) is 7.93. The van der Waals surface area contributed by atoms with Crippen LogP contribution in [0.15, 0.2) is 47.5 Å². The van der Waals surface area contributed by atoms with Crippen molar-refractivity contribution in [3.8, 4) is 0 Å². The van der Waals surface area contributed by atoms with Crippen LogP contribution in [0.3, 0.4) is 0 Å². The fourth-order valence-corrected chi connectivity index (χ4v) is 5.12. The molecule has 0 radical (unpaired) electrons. The van der Waals surface area contributed by atoms with E-state index >= 15 is 0 Å². The van der Waals surface area contributed by atoms with Crippen LogP contribution in [-0.4, -0.2) is 69.4 Å². The van der Waals surface area contributed by atoms with Crippen molar-refractivity contribution in [2.45, 2.75) is 63.1 Å². The monoisotopic (exact) mass is 497 g/mol. The second-order valence-corrected chi connectivity index (χ2v) is 9.95. The van der Waals surface area contributed by atoms with E-state index in [1.165, 1.54) is 17.0 Å². The van der Waals surface area contributed by atoms with Crippen molar-refractivity contribution in [2.24, 2.45) is 5.73 Å². The molecule has 2 aliphatic heterocycles. The second-order valence-electron chi connectivity index (χ2n) is 9.95. The highest BCUT2D eigenvalue weighted by Gasteiger charge is 2.35. The van der Waals surface area contributed by atoms with E-state index in [2.05, 4.69) is 4.98 Å². The predicted octanol–water partition coefficient (Wildman–Crippen LogP) is 1.85. The van der Waals surface area contributed by atoms with Gasteiger partial charge in [0.05, 0.1) is 24.5 Å². The Labute approximate surface area is 210 Å². The first-order valence-corrected chi connectivity index (χ1v) is 12.5. The van der Waals surface area contributed by atoms with Crippen LogP contribution in [0.25, 0.3) is 0 Å². The number of rotatable bonds is 8. The first kappa shape index (κ1) is 25.7. The Hall–Kier alpha value is -3.40. The highest BCUT2D eigenvalue weighted by molar-refractivity contribution is 5.77. The van der Waals surface area contributed by atoms with E-state index in [9.17, 15) is 19.5 Å². The van der Waals surface area contributed by atoms with Crippen LogP contribution in [-0.2, 0) is 16.1 Å². The molecule has 2 saturated heterocycles. The molecular weight excluding hydrogens is 462 g/mol. The van der Waals surface area contributed by atoms with E-state index < -0.39 is 11.7 Å². The summed E-state index contributed by atoms with van der Waals surface area (Å²) in [5, 5.41) is 11.2. The highest BCUT2D eigenvalue weighted by atomic mass is 16.5. The number of primary amides is 1. The van der Waals surface area contributed by atoms with Crippen molar-refractivity contribution in [3.63, 3.8) is 0 Å². The molecule has 0 bridgehead atoms. The fraction of sp³-hybridized carbons (Fsp3) is 0.538. The van der Waals surface area contributed by atoms with Crippen molar-refractivity contribution in [1.29, 1.82) is 0 Å². The zero-order valence-electron chi connectivity index (χ0n) is 20.7. The number of benzene rings is 1. The summed E-state index contributed by atoms with van der Waals surface area (Å²) in [6.07, 6.45) is 3.57. The summed E-state index contributed by atoms with van der Waals surface area (Å²) < 4.78 is 6.36. The third-order valence-electron chi connectivity index (χ3n) is 7.32.